The number of ether oxygens (including phenoxy) is 1. The minimum atomic E-state index is -4.41. The number of nitrogens with one attached hydrogen (secondary N) is 1. The molecule has 1 unspecified atom stereocenters. The monoisotopic (exact) mass is 462 g/mol. The van der Waals surface area contributed by atoms with Crippen LogP contribution in [0.2, 0.25) is 0 Å². The van der Waals surface area contributed by atoms with Crippen molar-refractivity contribution in [1.82, 2.24) is 9.62 Å². The number of rotatable bonds is 7. The number of alkyl halides is 3. The number of nitrogens with zero attached hydrogens (tertiary/aromatic N) is 1. The van der Waals surface area contributed by atoms with Crippen molar-refractivity contribution in [3.05, 3.63) is 47.3 Å². The molecule has 0 spiro atoms. The average Bonchev–Trinajstić information content (AvgIpc) is 3.26. The molecular weight excluding hydrogens is 441 g/mol. The molecule has 0 aliphatic carbocycles. The molecule has 1 aromatic heterocycles. The number of amides is 1. The zero-order valence-electron chi connectivity index (χ0n) is 15.9. The topological polar surface area (TPSA) is 75.7 Å². The van der Waals surface area contributed by atoms with Crippen LogP contribution in [0.25, 0.3) is 0 Å². The summed E-state index contributed by atoms with van der Waals surface area (Å²) < 4.78 is 68.1. The van der Waals surface area contributed by atoms with Crippen LogP contribution in [0.3, 0.4) is 0 Å². The fourth-order valence-corrected chi connectivity index (χ4v) is 5.78. The first-order valence-electron chi connectivity index (χ1n) is 9.25. The Morgan fingerprint density at radius 2 is 1.97 bits per heavy atom. The predicted molar refractivity (Wildman–Crippen MR) is 106 cm³/mol. The number of piperidine rings is 1. The molecule has 1 fully saturated rings. The molecule has 11 heteroatoms. The third kappa shape index (κ3) is 5.96. The highest BCUT2D eigenvalue weighted by molar-refractivity contribution is 7.91. The van der Waals surface area contributed by atoms with Crippen LogP contribution in [0.1, 0.15) is 18.4 Å². The number of hydrogen-bond acceptors (Lipinski definition) is 5. The second-order valence-electron chi connectivity index (χ2n) is 6.90. The summed E-state index contributed by atoms with van der Waals surface area (Å²) in [6.07, 6.45) is -3.22. The fourth-order valence-electron chi connectivity index (χ4n) is 3.11. The van der Waals surface area contributed by atoms with Crippen molar-refractivity contribution in [1.29, 1.82) is 0 Å². The minimum absolute atomic E-state index is 0.0871. The summed E-state index contributed by atoms with van der Waals surface area (Å²) in [4.78, 5) is 12.5. The summed E-state index contributed by atoms with van der Waals surface area (Å²) in [7, 11) is -3.60. The Bertz CT molecular complexity index is 945. The van der Waals surface area contributed by atoms with Crippen LogP contribution in [-0.4, -0.2) is 44.5 Å². The van der Waals surface area contributed by atoms with Crippen molar-refractivity contribution >= 4 is 27.3 Å². The van der Waals surface area contributed by atoms with Crippen molar-refractivity contribution in [2.45, 2.75) is 29.8 Å². The lowest BCUT2D eigenvalue weighted by Gasteiger charge is -2.30. The third-order valence-electron chi connectivity index (χ3n) is 4.64. The van der Waals surface area contributed by atoms with E-state index in [-0.39, 0.29) is 29.0 Å². The molecule has 6 nitrogen and oxygen atoms in total. The van der Waals surface area contributed by atoms with Crippen molar-refractivity contribution in [2.24, 2.45) is 5.92 Å². The van der Waals surface area contributed by atoms with Crippen LogP contribution in [0.15, 0.2) is 46.0 Å². The van der Waals surface area contributed by atoms with E-state index in [0.29, 0.717) is 24.9 Å². The molecule has 0 bridgehead atoms. The zero-order chi connectivity index (χ0) is 21.8. The molecule has 0 radical (unpaired) electrons. The molecule has 2 heterocycles. The van der Waals surface area contributed by atoms with Gasteiger partial charge in [0.25, 0.3) is 10.0 Å². The first-order chi connectivity index (χ1) is 14.1. The Kier molecular flexibility index (Phi) is 7.04. The van der Waals surface area contributed by atoms with Gasteiger partial charge in [-0.25, -0.2) is 8.42 Å². The summed E-state index contributed by atoms with van der Waals surface area (Å²) in [5.74, 6) is -0.620. The summed E-state index contributed by atoms with van der Waals surface area (Å²) in [6.45, 7) is -0.679. The summed E-state index contributed by atoms with van der Waals surface area (Å²) in [5.41, 5.74) is 0.696. The molecule has 1 aromatic carbocycles. The van der Waals surface area contributed by atoms with E-state index in [1.165, 1.54) is 16.4 Å². The molecule has 1 aliphatic rings. The number of thiophene rings is 1. The third-order valence-corrected chi connectivity index (χ3v) is 7.87. The van der Waals surface area contributed by atoms with Gasteiger partial charge in [-0.05, 0) is 42.0 Å². The average molecular weight is 463 g/mol. The normalized spacial score (nSPS) is 18.2. The summed E-state index contributed by atoms with van der Waals surface area (Å²) >= 11 is 1.14. The number of carbonyl (C=O) groups excluding carboxylic acids is 1. The SMILES string of the molecule is O=C(NCc1ccc(OCC(F)(F)F)cc1)C1CCCN(S(=O)(=O)c2cccs2)C1. The molecule has 0 saturated carbocycles. The van der Waals surface area contributed by atoms with E-state index in [1.807, 2.05) is 0 Å². The van der Waals surface area contributed by atoms with Crippen molar-refractivity contribution in [2.75, 3.05) is 19.7 Å². The van der Waals surface area contributed by atoms with Gasteiger partial charge in [-0.15, -0.1) is 11.3 Å². The summed E-state index contributed by atoms with van der Waals surface area (Å²) in [5, 5.41) is 4.47. The molecular formula is C19H21F3N2O4S2. The Morgan fingerprint density at radius 3 is 2.60 bits per heavy atom. The van der Waals surface area contributed by atoms with Gasteiger partial charge in [0.2, 0.25) is 5.91 Å². The van der Waals surface area contributed by atoms with Gasteiger partial charge in [0, 0.05) is 19.6 Å². The van der Waals surface area contributed by atoms with Gasteiger partial charge in [-0.1, -0.05) is 18.2 Å². The van der Waals surface area contributed by atoms with E-state index in [2.05, 4.69) is 10.1 Å². The fraction of sp³-hybridized carbons (Fsp3) is 0.421. The predicted octanol–water partition coefficient (Wildman–Crippen LogP) is 3.41. The van der Waals surface area contributed by atoms with E-state index in [0.717, 1.165) is 11.3 Å². The highest BCUT2D eigenvalue weighted by atomic mass is 32.2. The minimum Gasteiger partial charge on any atom is -0.484 e. The molecule has 30 heavy (non-hydrogen) atoms. The lowest BCUT2D eigenvalue weighted by atomic mass is 9.99. The molecule has 1 N–H and O–H groups in total. The maximum Gasteiger partial charge on any atom is 0.422 e. The van der Waals surface area contributed by atoms with E-state index < -0.39 is 28.7 Å². The molecule has 1 amide bonds. The van der Waals surface area contributed by atoms with Crippen LogP contribution >= 0.6 is 11.3 Å². The van der Waals surface area contributed by atoms with Crippen LogP contribution in [0.4, 0.5) is 13.2 Å². The maximum absolute atomic E-state index is 12.7. The van der Waals surface area contributed by atoms with E-state index >= 15 is 0 Å². The molecule has 1 atom stereocenters. The molecule has 3 rings (SSSR count). The Balaban J connectivity index is 1.52. The highest BCUT2D eigenvalue weighted by Crippen LogP contribution is 2.26. The second kappa shape index (κ2) is 9.36. The van der Waals surface area contributed by atoms with Crippen LogP contribution in [0.5, 0.6) is 5.75 Å². The number of carbonyl (C=O) groups is 1. The smallest absolute Gasteiger partial charge is 0.422 e. The standard InChI is InChI=1S/C19H21F3N2O4S2/c20-19(21,22)13-28-16-7-5-14(6-8-16)11-23-18(25)15-3-1-9-24(12-15)30(26,27)17-4-2-10-29-17/h2,4-8,10,15H,1,3,9,11-13H2,(H,23,25). The first kappa shape index (κ1) is 22.6. The molecule has 1 aliphatic heterocycles. The Morgan fingerprint density at radius 1 is 1.23 bits per heavy atom. The quantitative estimate of drug-likeness (QED) is 0.684. The van der Waals surface area contributed by atoms with E-state index in [1.54, 1.807) is 29.6 Å². The summed E-state index contributed by atoms with van der Waals surface area (Å²) in [6, 6.07) is 9.17. The molecule has 1 saturated heterocycles. The zero-order valence-corrected chi connectivity index (χ0v) is 17.5. The van der Waals surface area contributed by atoms with Gasteiger partial charge >= 0.3 is 6.18 Å². The van der Waals surface area contributed by atoms with Crippen LogP contribution in [-0.2, 0) is 21.4 Å². The Labute approximate surface area is 176 Å². The lowest BCUT2D eigenvalue weighted by Crippen LogP contribution is -2.45. The van der Waals surface area contributed by atoms with Crippen molar-refractivity contribution in [3.8, 4) is 5.75 Å². The van der Waals surface area contributed by atoms with E-state index in [9.17, 15) is 26.4 Å². The van der Waals surface area contributed by atoms with Gasteiger partial charge < -0.3 is 10.1 Å². The van der Waals surface area contributed by atoms with Crippen molar-refractivity contribution in [3.63, 3.8) is 0 Å². The van der Waals surface area contributed by atoms with Crippen molar-refractivity contribution < 1.29 is 31.1 Å². The molecule has 2 aromatic rings. The number of benzene rings is 1. The van der Waals surface area contributed by atoms with Gasteiger partial charge in [0.05, 0.1) is 5.92 Å². The first-order valence-corrected chi connectivity index (χ1v) is 11.6. The van der Waals surface area contributed by atoms with Crippen LogP contribution < -0.4 is 10.1 Å². The van der Waals surface area contributed by atoms with E-state index in [4.69, 9.17) is 0 Å². The number of halogens is 3. The van der Waals surface area contributed by atoms with Gasteiger partial charge in [0.1, 0.15) is 9.96 Å². The number of sulfonamides is 1. The Hall–Kier alpha value is -2.11. The lowest BCUT2D eigenvalue weighted by molar-refractivity contribution is -0.153. The van der Waals surface area contributed by atoms with Gasteiger partial charge in [-0.3, -0.25) is 4.79 Å². The highest BCUT2D eigenvalue weighted by Gasteiger charge is 2.33. The van der Waals surface area contributed by atoms with Gasteiger partial charge in [-0.2, -0.15) is 17.5 Å². The number of hydrogen-bond donors (Lipinski definition) is 1. The second-order valence-corrected chi connectivity index (χ2v) is 10.0. The van der Waals surface area contributed by atoms with Gasteiger partial charge in [0.15, 0.2) is 6.61 Å². The van der Waals surface area contributed by atoms with Crippen LogP contribution in [0, 0.1) is 5.92 Å². The maximum atomic E-state index is 12.7. The molecule has 164 valence electrons. The largest absolute Gasteiger partial charge is 0.484 e.